The Bertz CT molecular complexity index is 325. The lowest BCUT2D eigenvalue weighted by Crippen LogP contribution is -2.11. The van der Waals surface area contributed by atoms with Crippen LogP contribution < -0.4 is 10.5 Å². The summed E-state index contributed by atoms with van der Waals surface area (Å²) in [5.74, 6) is 0.0342. The van der Waals surface area contributed by atoms with Gasteiger partial charge in [0, 0.05) is 13.5 Å². The summed E-state index contributed by atoms with van der Waals surface area (Å²) in [6.45, 7) is 1.47. The Morgan fingerprint density at radius 2 is 2.36 bits per heavy atom. The second-order valence-corrected chi connectivity index (χ2v) is 2.92. The van der Waals surface area contributed by atoms with Crippen molar-refractivity contribution < 1.29 is 14.6 Å². The number of ether oxygens (including phenoxy) is 1. The van der Waals surface area contributed by atoms with E-state index in [-0.39, 0.29) is 12.5 Å². The van der Waals surface area contributed by atoms with Gasteiger partial charge in [0.25, 0.3) is 0 Å². The molecule has 1 rings (SSSR count). The van der Waals surface area contributed by atoms with E-state index in [0.717, 1.165) is 0 Å². The molecular formula is C10H13NO3. The maximum atomic E-state index is 10.7. The van der Waals surface area contributed by atoms with Crippen LogP contribution in [0.5, 0.6) is 5.75 Å². The molecule has 0 bridgehead atoms. The molecule has 76 valence electrons. The number of carbonyl (C=O) groups is 1. The highest BCUT2D eigenvalue weighted by Gasteiger charge is 2.06. The van der Waals surface area contributed by atoms with Gasteiger partial charge in [-0.3, -0.25) is 4.79 Å². The van der Waals surface area contributed by atoms with Crippen LogP contribution in [-0.2, 0) is 4.79 Å². The first-order valence-corrected chi connectivity index (χ1v) is 4.30. The van der Waals surface area contributed by atoms with Gasteiger partial charge >= 0.3 is 5.97 Å². The summed E-state index contributed by atoms with van der Waals surface area (Å²) in [6.07, 6.45) is -0.717. The van der Waals surface area contributed by atoms with Crippen LogP contribution in [0.2, 0.25) is 0 Å². The van der Waals surface area contributed by atoms with Gasteiger partial charge in [-0.05, 0) is 17.7 Å². The predicted octanol–water partition coefficient (Wildman–Crippen LogP) is 0.604. The Morgan fingerprint density at radius 1 is 1.64 bits per heavy atom. The zero-order chi connectivity index (χ0) is 10.6. The molecule has 1 atom stereocenters. The van der Waals surface area contributed by atoms with Crippen molar-refractivity contribution in [3.05, 3.63) is 29.8 Å². The van der Waals surface area contributed by atoms with E-state index in [2.05, 4.69) is 0 Å². The number of aliphatic hydroxyl groups excluding tert-OH is 1. The Balaban J connectivity index is 2.83. The third-order valence-electron chi connectivity index (χ3n) is 1.73. The van der Waals surface area contributed by atoms with Crippen molar-refractivity contribution in [2.75, 3.05) is 6.54 Å². The van der Waals surface area contributed by atoms with Crippen LogP contribution in [0.3, 0.4) is 0 Å². The van der Waals surface area contributed by atoms with E-state index in [0.29, 0.717) is 11.3 Å². The monoisotopic (exact) mass is 195 g/mol. The lowest BCUT2D eigenvalue weighted by molar-refractivity contribution is -0.131. The normalized spacial score (nSPS) is 12.2. The maximum absolute atomic E-state index is 10.7. The van der Waals surface area contributed by atoms with Crippen LogP contribution >= 0.6 is 0 Å². The fourth-order valence-corrected chi connectivity index (χ4v) is 1.09. The number of carbonyl (C=O) groups excluding carboxylic acids is 1. The molecule has 0 spiro atoms. The van der Waals surface area contributed by atoms with Crippen molar-refractivity contribution in [3.8, 4) is 5.75 Å². The van der Waals surface area contributed by atoms with Crippen LogP contribution in [0.4, 0.5) is 0 Å². The molecule has 0 aliphatic carbocycles. The fraction of sp³-hybridized carbons (Fsp3) is 0.300. The van der Waals surface area contributed by atoms with Crippen LogP contribution in [0.15, 0.2) is 24.3 Å². The minimum absolute atomic E-state index is 0.142. The van der Waals surface area contributed by atoms with E-state index < -0.39 is 6.10 Å². The molecule has 4 heteroatoms. The molecule has 0 amide bonds. The first kappa shape index (κ1) is 10.7. The first-order valence-electron chi connectivity index (χ1n) is 4.30. The van der Waals surface area contributed by atoms with Crippen molar-refractivity contribution in [2.45, 2.75) is 13.0 Å². The number of hydrogen-bond donors (Lipinski definition) is 2. The van der Waals surface area contributed by atoms with Crippen molar-refractivity contribution in [2.24, 2.45) is 5.73 Å². The van der Waals surface area contributed by atoms with Gasteiger partial charge in [0.1, 0.15) is 5.75 Å². The van der Waals surface area contributed by atoms with E-state index in [9.17, 15) is 9.90 Å². The molecule has 14 heavy (non-hydrogen) atoms. The molecule has 0 saturated carbocycles. The molecule has 0 fully saturated rings. The lowest BCUT2D eigenvalue weighted by Gasteiger charge is -2.09. The molecule has 0 radical (unpaired) electrons. The summed E-state index contributed by atoms with van der Waals surface area (Å²) in [6, 6.07) is 6.67. The minimum atomic E-state index is -0.717. The van der Waals surface area contributed by atoms with E-state index in [1.165, 1.54) is 6.92 Å². The molecule has 3 N–H and O–H groups in total. The zero-order valence-corrected chi connectivity index (χ0v) is 7.93. The van der Waals surface area contributed by atoms with Crippen molar-refractivity contribution in [1.82, 2.24) is 0 Å². The number of nitrogens with two attached hydrogens (primary N) is 1. The molecule has 1 aromatic rings. The highest BCUT2D eigenvalue weighted by Crippen LogP contribution is 2.18. The number of rotatable bonds is 3. The molecule has 1 unspecified atom stereocenters. The van der Waals surface area contributed by atoms with Crippen molar-refractivity contribution >= 4 is 5.97 Å². The number of esters is 1. The first-order chi connectivity index (χ1) is 6.63. The van der Waals surface area contributed by atoms with Gasteiger partial charge in [-0.2, -0.15) is 0 Å². The fourth-order valence-electron chi connectivity index (χ4n) is 1.09. The highest BCUT2D eigenvalue weighted by molar-refractivity contribution is 5.69. The molecule has 0 aliphatic rings. The van der Waals surface area contributed by atoms with Crippen LogP contribution in [0.25, 0.3) is 0 Å². The van der Waals surface area contributed by atoms with Gasteiger partial charge in [0.15, 0.2) is 0 Å². The summed E-state index contributed by atoms with van der Waals surface area (Å²) in [7, 11) is 0. The van der Waals surface area contributed by atoms with Crippen LogP contribution in [0.1, 0.15) is 18.6 Å². The second-order valence-electron chi connectivity index (χ2n) is 2.92. The van der Waals surface area contributed by atoms with Gasteiger partial charge in [-0.15, -0.1) is 0 Å². The third kappa shape index (κ3) is 2.83. The average molecular weight is 195 g/mol. The molecule has 4 nitrogen and oxygen atoms in total. The predicted molar refractivity (Wildman–Crippen MR) is 51.8 cm³/mol. The lowest BCUT2D eigenvalue weighted by atomic mass is 10.1. The van der Waals surface area contributed by atoms with E-state index >= 15 is 0 Å². The molecule has 0 heterocycles. The third-order valence-corrected chi connectivity index (χ3v) is 1.73. The molecule has 0 aromatic heterocycles. The van der Waals surface area contributed by atoms with Crippen molar-refractivity contribution in [1.29, 1.82) is 0 Å². The zero-order valence-electron chi connectivity index (χ0n) is 7.93. The minimum Gasteiger partial charge on any atom is -0.427 e. The van der Waals surface area contributed by atoms with E-state index in [1.807, 2.05) is 0 Å². The Morgan fingerprint density at radius 3 is 2.93 bits per heavy atom. The molecule has 0 aliphatic heterocycles. The topological polar surface area (TPSA) is 72.5 Å². The quantitative estimate of drug-likeness (QED) is 0.547. The van der Waals surface area contributed by atoms with Crippen LogP contribution in [-0.4, -0.2) is 17.6 Å². The number of hydrogen-bond acceptors (Lipinski definition) is 4. The van der Waals surface area contributed by atoms with Gasteiger partial charge in [0.2, 0.25) is 0 Å². The highest BCUT2D eigenvalue weighted by atomic mass is 16.5. The van der Waals surface area contributed by atoms with Gasteiger partial charge in [-0.25, -0.2) is 0 Å². The van der Waals surface area contributed by atoms with Gasteiger partial charge in [0.05, 0.1) is 6.10 Å². The van der Waals surface area contributed by atoms with Crippen LogP contribution in [0, 0.1) is 0 Å². The van der Waals surface area contributed by atoms with Gasteiger partial charge in [-0.1, -0.05) is 12.1 Å². The van der Waals surface area contributed by atoms with E-state index in [1.54, 1.807) is 24.3 Å². The SMILES string of the molecule is CC(=O)Oc1cccc(C(O)CN)c1. The summed E-state index contributed by atoms with van der Waals surface area (Å²) in [5, 5.41) is 9.42. The Kier molecular flexibility index (Phi) is 3.62. The molecule has 0 saturated heterocycles. The Labute approximate surface area is 82.3 Å². The summed E-state index contributed by atoms with van der Waals surface area (Å²) < 4.78 is 4.86. The maximum Gasteiger partial charge on any atom is 0.308 e. The van der Waals surface area contributed by atoms with E-state index in [4.69, 9.17) is 10.5 Å². The average Bonchev–Trinajstić information content (AvgIpc) is 2.16. The number of benzene rings is 1. The summed E-state index contributed by atoms with van der Waals surface area (Å²) in [5.41, 5.74) is 5.94. The smallest absolute Gasteiger partial charge is 0.308 e. The second kappa shape index (κ2) is 4.74. The molecule has 1 aromatic carbocycles. The molecular weight excluding hydrogens is 182 g/mol. The van der Waals surface area contributed by atoms with Crippen molar-refractivity contribution in [3.63, 3.8) is 0 Å². The summed E-state index contributed by atoms with van der Waals surface area (Å²) in [4.78, 5) is 10.7. The standard InChI is InChI=1S/C10H13NO3/c1-7(12)14-9-4-2-3-8(5-9)10(13)6-11/h2-5,10,13H,6,11H2,1H3. The summed E-state index contributed by atoms with van der Waals surface area (Å²) >= 11 is 0. The Hall–Kier alpha value is -1.39. The number of aliphatic hydroxyl groups is 1. The van der Waals surface area contributed by atoms with Gasteiger partial charge < -0.3 is 15.6 Å². The largest absolute Gasteiger partial charge is 0.427 e.